The predicted molar refractivity (Wildman–Crippen MR) is 69.4 cm³/mol. The fraction of sp³-hybridized carbons (Fsp3) is 0.846. The highest BCUT2D eigenvalue weighted by Gasteiger charge is 2.24. The van der Waals surface area contributed by atoms with E-state index in [2.05, 4.69) is 10.2 Å². The van der Waals surface area contributed by atoms with Gasteiger partial charge in [0.05, 0.1) is 6.54 Å². The van der Waals surface area contributed by atoms with Gasteiger partial charge in [-0.1, -0.05) is 6.42 Å². The Bertz CT molecular complexity index is 292. The van der Waals surface area contributed by atoms with Gasteiger partial charge < -0.3 is 10.4 Å². The molecule has 1 fully saturated rings. The predicted octanol–water partition coefficient (Wildman–Crippen LogP) is 1.23. The lowest BCUT2D eigenvalue weighted by molar-refractivity contribution is -0.137. The second-order valence-corrected chi connectivity index (χ2v) is 5.27. The van der Waals surface area contributed by atoms with Gasteiger partial charge in [-0.25, -0.2) is 0 Å². The number of carboxylic acids is 1. The summed E-state index contributed by atoms with van der Waals surface area (Å²) in [6, 6.07) is 0.396. The summed E-state index contributed by atoms with van der Waals surface area (Å²) in [5, 5.41) is 11.6. The highest BCUT2D eigenvalue weighted by Crippen LogP contribution is 2.20. The van der Waals surface area contributed by atoms with Crippen molar-refractivity contribution in [2.75, 3.05) is 13.1 Å². The molecule has 2 N–H and O–H groups in total. The fourth-order valence-electron chi connectivity index (χ4n) is 2.44. The molecule has 1 aliphatic heterocycles. The van der Waals surface area contributed by atoms with Crippen LogP contribution >= 0.6 is 0 Å². The molecule has 0 aliphatic carbocycles. The third-order valence-corrected chi connectivity index (χ3v) is 3.24. The van der Waals surface area contributed by atoms with Gasteiger partial charge in [0.1, 0.15) is 0 Å². The Morgan fingerprint density at radius 3 is 2.72 bits per heavy atom. The molecule has 5 nitrogen and oxygen atoms in total. The van der Waals surface area contributed by atoms with E-state index < -0.39 is 5.97 Å². The summed E-state index contributed by atoms with van der Waals surface area (Å²) in [6.45, 7) is 5.17. The molecule has 0 radical (unpaired) electrons. The fourth-order valence-corrected chi connectivity index (χ4v) is 2.44. The van der Waals surface area contributed by atoms with Gasteiger partial charge in [-0.15, -0.1) is 0 Å². The van der Waals surface area contributed by atoms with Crippen LogP contribution in [0.25, 0.3) is 0 Å². The maximum absolute atomic E-state index is 11.7. The summed E-state index contributed by atoms with van der Waals surface area (Å²) in [5.41, 5.74) is 0. The maximum atomic E-state index is 11.7. The first-order chi connectivity index (χ1) is 8.49. The Labute approximate surface area is 109 Å². The molecule has 0 aromatic carbocycles. The number of aliphatic carboxylic acids is 1. The molecule has 18 heavy (non-hydrogen) atoms. The van der Waals surface area contributed by atoms with E-state index in [-0.39, 0.29) is 24.4 Å². The normalized spacial score (nSPS) is 20.9. The van der Waals surface area contributed by atoms with Gasteiger partial charge in [0, 0.05) is 18.5 Å². The number of amides is 1. The monoisotopic (exact) mass is 256 g/mol. The van der Waals surface area contributed by atoms with Crippen molar-refractivity contribution in [3.63, 3.8) is 0 Å². The van der Waals surface area contributed by atoms with Gasteiger partial charge in [0.25, 0.3) is 0 Å². The minimum absolute atomic E-state index is 0.0345. The van der Waals surface area contributed by atoms with Crippen LogP contribution in [0, 0.1) is 0 Å². The first kappa shape index (κ1) is 15.0. The van der Waals surface area contributed by atoms with Crippen LogP contribution in [0.3, 0.4) is 0 Å². The van der Waals surface area contributed by atoms with E-state index in [1.807, 2.05) is 13.8 Å². The Kier molecular flexibility index (Phi) is 6.12. The lowest BCUT2D eigenvalue weighted by atomic mass is 9.98. The van der Waals surface area contributed by atoms with Gasteiger partial charge in [0.15, 0.2) is 0 Å². The number of likely N-dealkylation sites (tertiary alicyclic amines) is 1. The average Bonchev–Trinajstić information content (AvgIpc) is 2.26. The first-order valence-electron chi connectivity index (χ1n) is 6.74. The van der Waals surface area contributed by atoms with Crippen molar-refractivity contribution < 1.29 is 14.7 Å². The average molecular weight is 256 g/mol. The summed E-state index contributed by atoms with van der Waals surface area (Å²) in [7, 11) is 0. The van der Waals surface area contributed by atoms with Crippen molar-refractivity contribution in [3.05, 3.63) is 0 Å². The smallest absolute Gasteiger partial charge is 0.303 e. The molecule has 1 heterocycles. The first-order valence-corrected chi connectivity index (χ1v) is 6.74. The van der Waals surface area contributed by atoms with Gasteiger partial charge in [-0.05, 0) is 39.7 Å². The van der Waals surface area contributed by atoms with E-state index in [1.165, 1.54) is 0 Å². The molecule has 1 saturated heterocycles. The topological polar surface area (TPSA) is 69.6 Å². The Hall–Kier alpha value is -1.10. The van der Waals surface area contributed by atoms with E-state index in [1.54, 1.807) is 0 Å². The maximum Gasteiger partial charge on any atom is 0.303 e. The Morgan fingerprint density at radius 2 is 2.11 bits per heavy atom. The standard InChI is InChI=1S/C13H24N2O3/c1-10(2)14-12(16)9-15-8-4-3-5-11(15)6-7-13(17)18/h10-11H,3-9H2,1-2H3,(H,14,16)(H,17,18). The van der Waals surface area contributed by atoms with E-state index in [0.29, 0.717) is 13.0 Å². The zero-order chi connectivity index (χ0) is 13.5. The zero-order valence-corrected chi connectivity index (χ0v) is 11.3. The largest absolute Gasteiger partial charge is 0.481 e. The van der Waals surface area contributed by atoms with Gasteiger partial charge in [-0.3, -0.25) is 14.5 Å². The molecular formula is C13H24N2O3. The lowest BCUT2D eigenvalue weighted by Gasteiger charge is -2.35. The molecule has 1 aliphatic rings. The van der Waals surface area contributed by atoms with Crippen LogP contribution < -0.4 is 5.32 Å². The SMILES string of the molecule is CC(C)NC(=O)CN1CCCCC1CCC(=O)O. The molecular weight excluding hydrogens is 232 g/mol. The summed E-state index contributed by atoms with van der Waals surface area (Å²) in [5.74, 6) is -0.723. The van der Waals surface area contributed by atoms with E-state index in [9.17, 15) is 9.59 Å². The van der Waals surface area contributed by atoms with E-state index >= 15 is 0 Å². The molecule has 0 bridgehead atoms. The van der Waals surface area contributed by atoms with Gasteiger partial charge in [0.2, 0.25) is 5.91 Å². The van der Waals surface area contributed by atoms with E-state index in [0.717, 1.165) is 25.8 Å². The second kappa shape index (κ2) is 7.36. The third-order valence-electron chi connectivity index (χ3n) is 3.24. The Morgan fingerprint density at radius 1 is 1.39 bits per heavy atom. The number of carboxylic acid groups (broad SMARTS) is 1. The van der Waals surface area contributed by atoms with Crippen molar-refractivity contribution in [2.24, 2.45) is 0 Å². The van der Waals surface area contributed by atoms with Crippen molar-refractivity contribution in [1.82, 2.24) is 10.2 Å². The van der Waals surface area contributed by atoms with Crippen LogP contribution in [0.4, 0.5) is 0 Å². The highest BCUT2D eigenvalue weighted by atomic mass is 16.4. The summed E-state index contributed by atoms with van der Waals surface area (Å²) in [4.78, 5) is 24.5. The van der Waals surface area contributed by atoms with E-state index in [4.69, 9.17) is 5.11 Å². The number of nitrogens with zero attached hydrogens (tertiary/aromatic N) is 1. The number of piperidine rings is 1. The lowest BCUT2D eigenvalue weighted by Crippen LogP contribution is -2.46. The number of carbonyl (C=O) groups excluding carboxylic acids is 1. The number of hydrogen-bond donors (Lipinski definition) is 2. The minimum atomic E-state index is -0.757. The van der Waals surface area contributed by atoms with Gasteiger partial charge in [-0.2, -0.15) is 0 Å². The molecule has 0 saturated carbocycles. The van der Waals surface area contributed by atoms with Crippen molar-refractivity contribution in [1.29, 1.82) is 0 Å². The summed E-state index contributed by atoms with van der Waals surface area (Å²) < 4.78 is 0. The van der Waals surface area contributed by atoms with Crippen molar-refractivity contribution in [3.8, 4) is 0 Å². The molecule has 0 aromatic heterocycles. The molecule has 104 valence electrons. The minimum Gasteiger partial charge on any atom is -0.481 e. The number of nitrogens with one attached hydrogen (secondary N) is 1. The van der Waals surface area contributed by atoms with Gasteiger partial charge >= 0.3 is 5.97 Å². The van der Waals surface area contributed by atoms with Crippen LogP contribution in [0.15, 0.2) is 0 Å². The quantitative estimate of drug-likeness (QED) is 0.750. The van der Waals surface area contributed by atoms with Crippen LogP contribution in [-0.2, 0) is 9.59 Å². The molecule has 0 aromatic rings. The third kappa shape index (κ3) is 5.49. The van der Waals surface area contributed by atoms with Crippen LogP contribution in [0.1, 0.15) is 46.0 Å². The van der Waals surface area contributed by atoms with Crippen LogP contribution in [0.2, 0.25) is 0 Å². The molecule has 1 amide bonds. The number of carbonyl (C=O) groups is 2. The molecule has 5 heteroatoms. The highest BCUT2D eigenvalue weighted by molar-refractivity contribution is 5.78. The summed E-state index contributed by atoms with van der Waals surface area (Å²) >= 11 is 0. The van der Waals surface area contributed by atoms with Crippen molar-refractivity contribution in [2.45, 2.75) is 58.0 Å². The second-order valence-electron chi connectivity index (χ2n) is 5.27. The molecule has 0 spiro atoms. The summed E-state index contributed by atoms with van der Waals surface area (Å²) in [6.07, 6.45) is 4.06. The van der Waals surface area contributed by atoms with Crippen molar-refractivity contribution >= 4 is 11.9 Å². The molecule has 1 rings (SSSR count). The molecule has 1 atom stereocenters. The zero-order valence-electron chi connectivity index (χ0n) is 11.3. The Balaban J connectivity index is 2.43. The van der Waals surface area contributed by atoms with Crippen LogP contribution in [0.5, 0.6) is 0 Å². The number of rotatable bonds is 6. The van der Waals surface area contributed by atoms with Crippen LogP contribution in [-0.4, -0.2) is 47.1 Å². The number of hydrogen-bond acceptors (Lipinski definition) is 3. The molecule has 1 unspecified atom stereocenters.